The standard InChI is InChI=1S/C16H24N2O2/c1-17-15(9-13-3-2-6-18-11-13)14-4-7-20-16(10-14)5-8-19-12-16/h2-3,6,11,14-15,17H,4-5,7-10,12H2,1H3. The van der Waals surface area contributed by atoms with Crippen LogP contribution < -0.4 is 5.32 Å². The van der Waals surface area contributed by atoms with Crippen molar-refractivity contribution in [2.45, 2.75) is 37.3 Å². The molecule has 0 aromatic carbocycles. The van der Waals surface area contributed by atoms with Crippen LogP contribution in [0.15, 0.2) is 24.5 Å². The quantitative estimate of drug-likeness (QED) is 0.910. The van der Waals surface area contributed by atoms with Crippen LogP contribution >= 0.6 is 0 Å². The summed E-state index contributed by atoms with van der Waals surface area (Å²) in [5.41, 5.74) is 1.29. The molecule has 0 saturated carbocycles. The van der Waals surface area contributed by atoms with Crippen LogP contribution in [0, 0.1) is 5.92 Å². The molecule has 110 valence electrons. The minimum Gasteiger partial charge on any atom is -0.378 e. The van der Waals surface area contributed by atoms with Crippen molar-refractivity contribution in [3.63, 3.8) is 0 Å². The summed E-state index contributed by atoms with van der Waals surface area (Å²) in [6.07, 6.45) is 8.13. The highest BCUT2D eigenvalue weighted by Gasteiger charge is 2.42. The van der Waals surface area contributed by atoms with Crippen molar-refractivity contribution in [3.05, 3.63) is 30.1 Å². The summed E-state index contributed by atoms with van der Waals surface area (Å²) in [6, 6.07) is 4.66. The maximum absolute atomic E-state index is 6.04. The largest absolute Gasteiger partial charge is 0.378 e. The van der Waals surface area contributed by atoms with Gasteiger partial charge < -0.3 is 14.8 Å². The first-order valence-corrected chi connectivity index (χ1v) is 7.59. The summed E-state index contributed by atoms with van der Waals surface area (Å²) in [4.78, 5) is 4.22. The van der Waals surface area contributed by atoms with E-state index in [4.69, 9.17) is 9.47 Å². The van der Waals surface area contributed by atoms with Crippen LogP contribution in [0.25, 0.3) is 0 Å². The van der Waals surface area contributed by atoms with Gasteiger partial charge in [0, 0.05) is 38.1 Å². The number of rotatable bonds is 4. The molecule has 1 aromatic rings. The summed E-state index contributed by atoms with van der Waals surface area (Å²) in [5.74, 6) is 0.649. The summed E-state index contributed by atoms with van der Waals surface area (Å²) in [6.45, 7) is 2.48. The third-order valence-electron chi connectivity index (χ3n) is 4.72. The first-order chi connectivity index (χ1) is 9.81. The first-order valence-electron chi connectivity index (χ1n) is 7.59. The Kier molecular flexibility index (Phi) is 4.34. The number of nitrogens with one attached hydrogen (secondary N) is 1. The summed E-state index contributed by atoms with van der Waals surface area (Å²) < 4.78 is 11.6. The Morgan fingerprint density at radius 1 is 1.50 bits per heavy atom. The topological polar surface area (TPSA) is 43.4 Å². The second kappa shape index (κ2) is 6.20. The molecular formula is C16H24N2O2. The Hall–Kier alpha value is -0.970. The molecule has 1 spiro atoms. The van der Waals surface area contributed by atoms with Crippen molar-refractivity contribution < 1.29 is 9.47 Å². The van der Waals surface area contributed by atoms with Crippen LogP contribution in [0.5, 0.6) is 0 Å². The van der Waals surface area contributed by atoms with E-state index in [2.05, 4.69) is 23.4 Å². The summed E-state index contributed by atoms with van der Waals surface area (Å²) in [5, 5.41) is 3.50. The highest BCUT2D eigenvalue weighted by atomic mass is 16.6. The van der Waals surface area contributed by atoms with E-state index in [9.17, 15) is 0 Å². The zero-order valence-corrected chi connectivity index (χ0v) is 12.2. The average molecular weight is 276 g/mol. The Morgan fingerprint density at radius 2 is 2.45 bits per heavy atom. The molecule has 0 bridgehead atoms. The molecule has 3 atom stereocenters. The number of aromatic nitrogens is 1. The fourth-order valence-electron chi connectivity index (χ4n) is 3.55. The van der Waals surface area contributed by atoms with E-state index in [0.717, 1.165) is 45.5 Å². The molecule has 1 aromatic heterocycles. The molecule has 20 heavy (non-hydrogen) atoms. The van der Waals surface area contributed by atoms with Gasteiger partial charge in [-0.1, -0.05) is 6.07 Å². The molecule has 4 heteroatoms. The van der Waals surface area contributed by atoms with E-state index < -0.39 is 0 Å². The van der Waals surface area contributed by atoms with Gasteiger partial charge in [0.05, 0.1) is 12.2 Å². The minimum atomic E-state index is -0.00699. The molecule has 1 N–H and O–H groups in total. The summed E-state index contributed by atoms with van der Waals surface area (Å²) in [7, 11) is 2.06. The molecule has 4 nitrogen and oxygen atoms in total. The minimum absolute atomic E-state index is 0.00699. The van der Waals surface area contributed by atoms with E-state index in [1.54, 1.807) is 0 Å². The van der Waals surface area contributed by atoms with Gasteiger partial charge in [0.2, 0.25) is 0 Å². The predicted octanol–water partition coefficient (Wildman–Crippen LogP) is 1.80. The molecule has 3 rings (SSSR count). The zero-order chi connectivity index (χ0) is 13.8. The lowest BCUT2D eigenvalue weighted by atomic mass is 9.79. The number of ether oxygens (including phenoxy) is 2. The van der Waals surface area contributed by atoms with Gasteiger partial charge in [0.25, 0.3) is 0 Å². The van der Waals surface area contributed by atoms with Gasteiger partial charge >= 0.3 is 0 Å². The van der Waals surface area contributed by atoms with Crippen LogP contribution in [0.4, 0.5) is 0 Å². The van der Waals surface area contributed by atoms with Gasteiger partial charge in [0.15, 0.2) is 0 Å². The maximum atomic E-state index is 6.04. The fourth-order valence-corrected chi connectivity index (χ4v) is 3.55. The number of hydrogen-bond donors (Lipinski definition) is 1. The second-order valence-corrected chi connectivity index (χ2v) is 6.05. The average Bonchev–Trinajstić information content (AvgIpc) is 2.93. The molecule has 0 radical (unpaired) electrons. The van der Waals surface area contributed by atoms with Gasteiger partial charge in [-0.05, 0) is 43.9 Å². The van der Waals surface area contributed by atoms with Crippen molar-refractivity contribution in [3.8, 4) is 0 Å². The van der Waals surface area contributed by atoms with Crippen LogP contribution in [0.1, 0.15) is 24.8 Å². The Labute approximate surface area is 120 Å². The molecule has 0 aliphatic carbocycles. The lowest BCUT2D eigenvalue weighted by molar-refractivity contribution is -0.102. The Balaban J connectivity index is 1.66. The summed E-state index contributed by atoms with van der Waals surface area (Å²) >= 11 is 0. The lowest BCUT2D eigenvalue weighted by Crippen LogP contribution is -2.47. The predicted molar refractivity (Wildman–Crippen MR) is 77.6 cm³/mol. The molecule has 0 amide bonds. The van der Waals surface area contributed by atoms with Gasteiger partial charge in [-0.25, -0.2) is 0 Å². The van der Waals surface area contributed by atoms with Crippen LogP contribution in [0.3, 0.4) is 0 Å². The van der Waals surface area contributed by atoms with E-state index in [1.807, 2.05) is 18.5 Å². The molecule has 3 unspecified atom stereocenters. The normalized spacial score (nSPS) is 31.6. The van der Waals surface area contributed by atoms with Crippen LogP contribution in [0.2, 0.25) is 0 Å². The molecule has 2 saturated heterocycles. The monoisotopic (exact) mass is 276 g/mol. The van der Waals surface area contributed by atoms with Crippen molar-refractivity contribution in [1.82, 2.24) is 10.3 Å². The second-order valence-electron chi connectivity index (χ2n) is 6.05. The van der Waals surface area contributed by atoms with E-state index in [0.29, 0.717) is 12.0 Å². The van der Waals surface area contributed by atoms with Crippen LogP contribution in [-0.4, -0.2) is 43.5 Å². The van der Waals surface area contributed by atoms with Crippen molar-refractivity contribution in [1.29, 1.82) is 0 Å². The Bertz CT molecular complexity index is 418. The maximum Gasteiger partial charge on any atom is 0.0939 e. The van der Waals surface area contributed by atoms with E-state index in [-0.39, 0.29) is 5.60 Å². The number of pyridine rings is 1. The Morgan fingerprint density at radius 3 is 3.15 bits per heavy atom. The molecule has 3 heterocycles. The SMILES string of the molecule is CNC(Cc1cccnc1)C1CCOC2(CCOC2)C1. The molecule has 2 aliphatic rings. The highest BCUT2D eigenvalue weighted by molar-refractivity contribution is 5.11. The van der Waals surface area contributed by atoms with Gasteiger partial charge in [-0.3, -0.25) is 4.98 Å². The number of hydrogen-bond acceptors (Lipinski definition) is 4. The van der Waals surface area contributed by atoms with Crippen molar-refractivity contribution >= 4 is 0 Å². The van der Waals surface area contributed by atoms with Crippen molar-refractivity contribution in [2.24, 2.45) is 5.92 Å². The van der Waals surface area contributed by atoms with Crippen LogP contribution in [-0.2, 0) is 15.9 Å². The number of nitrogens with zero attached hydrogens (tertiary/aromatic N) is 1. The third-order valence-corrected chi connectivity index (χ3v) is 4.72. The molecule has 2 aliphatic heterocycles. The van der Waals surface area contributed by atoms with Gasteiger partial charge in [-0.15, -0.1) is 0 Å². The number of likely N-dealkylation sites (N-methyl/N-ethyl adjacent to an activating group) is 1. The molecular weight excluding hydrogens is 252 g/mol. The lowest BCUT2D eigenvalue weighted by Gasteiger charge is -2.40. The third kappa shape index (κ3) is 3.03. The van der Waals surface area contributed by atoms with E-state index >= 15 is 0 Å². The van der Waals surface area contributed by atoms with E-state index in [1.165, 1.54) is 5.56 Å². The van der Waals surface area contributed by atoms with Gasteiger partial charge in [0.1, 0.15) is 0 Å². The molecule has 2 fully saturated rings. The highest BCUT2D eigenvalue weighted by Crippen LogP contribution is 2.37. The van der Waals surface area contributed by atoms with Crippen molar-refractivity contribution in [2.75, 3.05) is 26.9 Å². The smallest absolute Gasteiger partial charge is 0.0939 e. The zero-order valence-electron chi connectivity index (χ0n) is 12.2. The van der Waals surface area contributed by atoms with Gasteiger partial charge in [-0.2, -0.15) is 0 Å². The fraction of sp³-hybridized carbons (Fsp3) is 0.688. The first kappa shape index (κ1) is 14.0.